The quantitative estimate of drug-likeness (QED) is 0.791. The van der Waals surface area contributed by atoms with Gasteiger partial charge in [0.1, 0.15) is 22.8 Å². The van der Waals surface area contributed by atoms with E-state index in [1.807, 2.05) is 18.2 Å². The molecule has 144 valence electrons. The highest BCUT2D eigenvalue weighted by Crippen LogP contribution is 2.29. The summed E-state index contributed by atoms with van der Waals surface area (Å²) in [6.45, 7) is 3.35. The molecule has 6 nitrogen and oxygen atoms in total. The van der Waals surface area contributed by atoms with Crippen molar-refractivity contribution in [1.82, 2.24) is 9.71 Å². The number of thiophene rings is 1. The molecule has 2 heterocycles. The van der Waals surface area contributed by atoms with Gasteiger partial charge in [-0.3, -0.25) is 4.98 Å². The summed E-state index contributed by atoms with van der Waals surface area (Å²) in [4.78, 5) is 6.00. The molecule has 1 aliphatic carbocycles. The third-order valence-electron chi connectivity index (χ3n) is 4.63. The minimum atomic E-state index is -3.34. The van der Waals surface area contributed by atoms with E-state index >= 15 is 0 Å². The topological polar surface area (TPSA) is 92.1 Å². The van der Waals surface area contributed by atoms with Crippen LogP contribution in [-0.2, 0) is 10.0 Å². The minimum Gasteiger partial charge on any atom is -0.487 e. The van der Waals surface area contributed by atoms with E-state index in [1.54, 1.807) is 26.1 Å². The Morgan fingerprint density at radius 2 is 2.04 bits per heavy atom. The van der Waals surface area contributed by atoms with Crippen molar-refractivity contribution in [2.45, 2.75) is 56.9 Å². The predicted molar refractivity (Wildman–Crippen MR) is 106 cm³/mol. The molecule has 1 aliphatic rings. The second kappa shape index (κ2) is 8.38. The smallest absolute Gasteiger partial charge is 0.214 e. The Bertz CT molecular complexity index is 914. The largest absolute Gasteiger partial charge is 0.487 e. The van der Waals surface area contributed by atoms with Crippen LogP contribution in [0, 0.1) is 11.3 Å². The minimum absolute atomic E-state index is 0.202. The number of nitriles is 1. The molecule has 2 aromatic rings. The predicted octanol–water partition coefficient (Wildman–Crippen LogP) is 3.70. The van der Waals surface area contributed by atoms with Gasteiger partial charge in [-0.2, -0.15) is 5.26 Å². The second-order valence-electron chi connectivity index (χ2n) is 6.91. The molecule has 0 amide bonds. The van der Waals surface area contributed by atoms with Crippen molar-refractivity contribution < 1.29 is 13.2 Å². The lowest BCUT2D eigenvalue weighted by atomic mass is 9.93. The van der Waals surface area contributed by atoms with Gasteiger partial charge in [-0.15, -0.1) is 11.3 Å². The van der Waals surface area contributed by atoms with Crippen molar-refractivity contribution in [3.63, 3.8) is 0 Å². The molecule has 0 saturated heterocycles. The van der Waals surface area contributed by atoms with Crippen LogP contribution in [0.15, 0.2) is 30.5 Å². The second-order valence-corrected chi connectivity index (χ2v) is 10.3. The van der Waals surface area contributed by atoms with Crippen LogP contribution < -0.4 is 9.46 Å². The number of nitrogens with zero attached hydrogens (tertiary/aromatic N) is 2. The van der Waals surface area contributed by atoms with E-state index in [1.165, 1.54) is 11.3 Å². The number of sulfonamides is 1. The van der Waals surface area contributed by atoms with Gasteiger partial charge in [0.05, 0.1) is 28.1 Å². The molecule has 2 aromatic heterocycles. The fourth-order valence-corrected chi connectivity index (χ4v) is 4.77. The molecular weight excluding hydrogens is 382 g/mol. The average Bonchev–Trinajstić information content (AvgIpc) is 3.13. The summed E-state index contributed by atoms with van der Waals surface area (Å²) in [7, 11) is -3.34. The van der Waals surface area contributed by atoms with E-state index in [0.717, 1.165) is 36.3 Å². The summed E-state index contributed by atoms with van der Waals surface area (Å²) in [5.74, 6) is 0.622. The highest BCUT2D eigenvalue weighted by molar-refractivity contribution is 7.90. The van der Waals surface area contributed by atoms with Gasteiger partial charge in [0.15, 0.2) is 0 Å². The zero-order valence-electron chi connectivity index (χ0n) is 15.4. The van der Waals surface area contributed by atoms with Gasteiger partial charge in [0, 0.05) is 0 Å². The third kappa shape index (κ3) is 4.86. The maximum Gasteiger partial charge on any atom is 0.214 e. The number of hydrogen-bond acceptors (Lipinski definition) is 6. The van der Waals surface area contributed by atoms with E-state index in [0.29, 0.717) is 10.6 Å². The fourth-order valence-electron chi connectivity index (χ4n) is 3.03. The SMILES string of the molecule is CC(C)S(=O)(=O)N[C@H]1CCCC[C@H]1Oc1ccc(-c2ccc(C#N)s2)nc1. The van der Waals surface area contributed by atoms with Crippen molar-refractivity contribution in [2.75, 3.05) is 0 Å². The first-order valence-electron chi connectivity index (χ1n) is 9.03. The zero-order valence-corrected chi connectivity index (χ0v) is 17.0. The molecule has 1 fully saturated rings. The maximum atomic E-state index is 12.2. The highest BCUT2D eigenvalue weighted by atomic mass is 32.2. The van der Waals surface area contributed by atoms with Crippen molar-refractivity contribution in [3.8, 4) is 22.4 Å². The van der Waals surface area contributed by atoms with E-state index < -0.39 is 15.3 Å². The van der Waals surface area contributed by atoms with Gasteiger partial charge in [-0.1, -0.05) is 6.42 Å². The first-order chi connectivity index (χ1) is 12.9. The number of pyridine rings is 1. The fraction of sp³-hybridized carbons (Fsp3) is 0.474. The van der Waals surface area contributed by atoms with Gasteiger partial charge in [0.2, 0.25) is 10.0 Å². The summed E-state index contributed by atoms with van der Waals surface area (Å²) >= 11 is 1.40. The first-order valence-corrected chi connectivity index (χ1v) is 11.4. The van der Waals surface area contributed by atoms with Crippen LogP contribution in [0.5, 0.6) is 5.75 Å². The van der Waals surface area contributed by atoms with Gasteiger partial charge < -0.3 is 4.74 Å². The Morgan fingerprint density at radius 3 is 2.67 bits per heavy atom. The molecule has 2 atom stereocenters. The van der Waals surface area contributed by atoms with Gasteiger partial charge in [-0.25, -0.2) is 13.1 Å². The van der Waals surface area contributed by atoms with E-state index in [9.17, 15) is 8.42 Å². The van der Waals surface area contributed by atoms with Crippen LogP contribution >= 0.6 is 11.3 Å². The van der Waals surface area contributed by atoms with Crippen LogP contribution in [0.3, 0.4) is 0 Å². The van der Waals surface area contributed by atoms with Gasteiger partial charge >= 0.3 is 0 Å². The van der Waals surface area contributed by atoms with Crippen molar-refractivity contribution in [3.05, 3.63) is 35.3 Å². The van der Waals surface area contributed by atoms with Crippen LogP contribution in [0.1, 0.15) is 44.4 Å². The molecule has 1 saturated carbocycles. The Balaban J connectivity index is 1.70. The van der Waals surface area contributed by atoms with Crippen molar-refractivity contribution >= 4 is 21.4 Å². The van der Waals surface area contributed by atoms with Crippen molar-refractivity contribution in [1.29, 1.82) is 5.26 Å². The highest BCUT2D eigenvalue weighted by Gasteiger charge is 2.31. The van der Waals surface area contributed by atoms with E-state index in [2.05, 4.69) is 15.8 Å². The molecule has 3 rings (SSSR count). The lowest BCUT2D eigenvalue weighted by Crippen LogP contribution is -2.49. The first kappa shape index (κ1) is 19.8. The van der Waals surface area contributed by atoms with Crippen LogP contribution in [0.2, 0.25) is 0 Å². The van der Waals surface area contributed by atoms with Crippen LogP contribution in [-0.4, -0.2) is 30.8 Å². The number of aromatic nitrogens is 1. The standard InChI is InChI=1S/C19H23N3O3S2/c1-13(2)27(23,24)22-16-5-3-4-6-18(16)25-14-7-9-17(21-12-14)19-10-8-15(11-20)26-19/h7-10,12-13,16,18,22H,3-6H2,1-2H3/t16-,18+/m0/s1. The maximum absolute atomic E-state index is 12.2. The Kier molecular flexibility index (Phi) is 6.15. The molecule has 8 heteroatoms. The molecule has 0 spiro atoms. The molecule has 0 radical (unpaired) electrons. The van der Waals surface area contributed by atoms with Crippen LogP contribution in [0.25, 0.3) is 10.6 Å². The normalized spacial score (nSPS) is 20.4. The van der Waals surface area contributed by atoms with E-state index in [-0.39, 0.29) is 12.1 Å². The zero-order chi connectivity index (χ0) is 19.4. The Labute approximate surface area is 164 Å². The molecule has 0 aliphatic heterocycles. The van der Waals surface area contributed by atoms with Gasteiger partial charge in [-0.05, 0) is 57.4 Å². The Morgan fingerprint density at radius 1 is 1.26 bits per heavy atom. The molecular formula is C19H23N3O3S2. The molecule has 0 unspecified atom stereocenters. The summed E-state index contributed by atoms with van der Waals surface area (Å²) in [5.41, 5.74) is 0.787. The number of nitrogens with one attached hydrogen (secondary N) is 1. The lowest BCUT2D eigenvalue weighted by Gasteiger charge is -2.32. The van der Waals surface area contributed by atoms with Crippen molar-refractivity contribution in [2.24, 2.45) is 0 Å². The monoisotopic (exact) mass is 405 g/mol. The summed E-state index contributed by atoms with van der Waals surface area (Å²) < 4.78 is 33.3. The average molecular weight is 406 g/mol. The van der Waals surface area contributed by atoms with Crippen LogP contribution in [0.4, 0.5) is 0 Å². The number of ether oxygens (including phenoxy) is 1. The molecule has 0 bridgehead atoms. The van der Waals surface area contributed by atoms with Gasteiger partial charge in [0.25, 0.3) is 0 Å². The number of hydrogen-bond donors (Lipinski definition) is 1. The molecule has 0 aromatic carbocycles. The lowest BCUT2D eigenvalue weighted by molar-refractivity contribution is 0.124. The third-order valence-corrected chi connectivity index (χ3v) is 7.52. The van der Waals surface area contributed by atoms with E-state index in [4.69, 9.17) is 10.00 Å². The summed E-state index contributed by atoms with van der Waals surface area (Å²) in [5, 5.41) is 8.47. The summed E-state index contributed by atoms with van der Waals surface area (Å²) in [6.07, 6.45) is 5.04. The Hall–Kier alpha value is -1.95. The molecule has 1 N–H and O–H groups in total. The summed E-state index contributed by atoms with van der Waals surface area (Å²) in [6, 6.07) is 9.26. The molecule has 27 heavy (non-hydrogen) atoms. The number of rotatable bonds is 6.